The Kier molecular flexibility index (Phi) is 8.07. The summed E-state index contributed by atoms with van der Waals surface area (Å²) in [6.45, 7) is 0. The minimum absolute atomic E-state index is 0.0780. The molecule has 11 heteroatoms. The number of thiazole rings is 2. The van der Waals surface area contributed by atoms with E-state index < -0.39 is 17.8 Å². The van der Waals surface area contributed by atoms with E-state index in [0.29, 0.717) is 24.5 Å². The number of nitrogens with one attached hydrogen (secondary N) is 1. The zero-order chi connectivity index (χ0) is 24.8. The first kappa shape index (κ1) is 25.2. The Bertz CT molecular complexity index is 1190. The van der Waals surface area contributed by atoms with Crippen LogP contribution in [0.4, 0.5) is 13.2 Å². The third-order valence-corrected chi connectivity index (χ3v) is 7.59. The number of nitrogens with zero attached hydrogens (tertiary/aromatic N) is 3. The van der Waals surface area contributed by atoms with Gasteiger partial charge in [0.05, 0.1) is 0 Å². The van der Waals surface area contributed by atoms with Crippen molar-refractivity contribution in [2.45, 2.75) is 57.0 Å². The molecule has 184 valence electrons. The van der Waals surface area contributed by atoms with E-state index in [0.717, 1.165) is 27.7 Å². The van der Waals surface area contributed by atoms with E-state index in [-0.39, 0.29) is 30.6 Å². The van der Waals surface area contributed by atoms with Crippen molar-refractivity contribution in [3.63, 3.8) is 0 Å². The number of unbranched alkanes of at least 4 members (excludes halogenated alkanes) is 2. The monoisotopic (exact) mass is 520 g/mol. The normalized spacial score (nSPS) is 14.2. The van der Waals surface area contributed by atoms with Crippen LogP contribution < -0.4 is 5.43 Å². The summed E-state index contributed by atoms with van der Waals surface area (Å²) in [5.41, 5.74) is 1.66. The van der Waals surface area contributed by atoms with Crippen molar-refractivity contribution in [3.05, 3.63) is 58.0 Å². The number of Topliss-reactive ketones (excluding diaryl/α,β-unsaturated/α-hetero) is 1. The minimum atomic E-state index is -4.65. The highest BCUT2D eigenvalue weighted by Crippen LogP contribution is 2.46. The van der Waals surface area contributed by atoms with Crippen molar-refractivity contribution in [2.75, 3.05) is 0 Å². The van der Waals surface area contributed by atoms with Gasteiger partial charge >= 0.3 is 6.18 Å². The molecular weight excluding hydrogens is 497 g/mol. The van der Waals surface area contributed by atoms with Crippen molar-refractivity contribution in [3.8, 4) is 10.0 Å². The van der Waals surface area contributed by atoms with Gasteiger partial charge in [0.15, 0.2) is 15.8 Å². The van der Waals surface area contributed by atoms with Crippen molar-refractivity contribution < 1.29 is 22.8 Å². The van der Waals surface area contributed by atoms with E-state index in [1.807, 2.05) is 10.8 Å². The predicted molar refractivity (Wildman–Crippen MR) is 130 cm³/mol. The third-order valence-electron chi connectivity index (χ3n) is 5.45. The number of alkyl halides is 3. The van der Waals surface area contributed by atoms with Crippen LogP contribution >= 0.6 is 22.7 Å². The second-order valence-electron chi connectivity index (χ2n) is 8.19. The van der Waals surface area contributed by atoms with Crippen molar-refractivity contribution in [2.24, 2.45) is 5.10 Å². The summed E-state index contributed by atoms with van der Waals surface area (Å²) in [6, 6.07) is 7.92. The fourth-order valence-electron chi connectivity index (χ4n) is 3.48. The molecule has 3 aromatic rings. The first-order chi connectivity index (χ1) is 16.8. The first-order valence-corrected chi connectivity index (χ1v) is 13.0. The quantitative estimate of drug-likeness (QED) is 0.133. The first-order valence-electron chi connectivity index (χ1n) is 11.3. The summed E-state index contributed by atoms with van der Waals surface area (Å²) in [4.78, 5) is 34.6. The number of hydrogen-bond donors (Lipinski definition) is 1. The van der Waals surface area contributed by atoms with Crippen LogP contribution in [0.3, 0.4) is 0 Å². The molecule has 1 aliphatic rings. The molecule has 1 amide bonds. The van der Waals surface area contributed by atoms with E-state index in [2.05, 4.69) is 15.1 Å². The van der Waals surface area contributed by atoms with Gasteiger partial charge in [-0.05, 0) is 50.2 Å². The molecule has 1 N–H and O–H groups in total. The van der Waals surface area contributed by atoms with Crippen molar-refractivity contribution >= 4 is 40.1 Å². The van der Waals surface area contributed by atoms with E-state index in [4.69, 9.17) is 0 Å². The van der Waals surface area contributed by atoms with Gasteiger partial charge in [-0.2, -0.15) is 18.3 Å². The molecule has 0 unspecified atom stereocenters. The Morgan fingerprint density at radius 1 is 1.06 bits per heavy atom. The zero-order valence-electron chi connectivity index (χ0n) is 18.7. The maximum absolute atomic E-state index is 13.3. The minimum Gasteiger partial charge on any atom is -0.292 e. The molecule has 2 aromatic heterocycles. The second-order valence-corrected chi connectivity index (χ2v) is 10.1. The molecule has 35 heavy (non-hydrogen) atoms. The van der Waals surface area contributed by atoms with Gasteiger partial charge in [0, 0.05) is 28.4 Å². The number of halogens is 3. The largest absolute Gasteiger partial charge is 0.431 e. The van der Waals surface area contributed by atoms with Crippen LogP contribution in [0.25, 0.3) is 10.0 Å². The van der Waals surface area contributed by atoms with Gasteiger partial charge in [0.2, 0.25) is 0 Å². The van der Waals surface area contributed by atoms with Gasteiger partial charge in [-0.15, -0.1) is 22.7 Å². The van der Waals surface area contributed by atoms with E-state index in [1.165, 1.54) is 34.8 Å². The van der Waals surface area contributed by atoms with Gasteiger partial charge in [0.25, 0.3) is 5.91 Å². The van der Waals surface area contributed by atoms with Crippen LogP contribution in [-0.2, 0) is 0 Å². The average molecular weight is 521 g/mol. The molecule has 1 saturated carbocycles. The van der Waals surface area contributed by atoms with Crippen LogP contribution in [0.1, 0.15) is 76.6 Å². The number of hydrazone groups is 1. The maximum Gasteiger partial charge on any atom is 0.431 e. The van der Waals surface area contributed by atoms with Gasteiger partial charge in [-0.3, -0.25) is 9.59 Å². The molecule has 0 radical (unpaired) electrons. The number of ketones is 1. The Morgan fingerprint density at radius 2 is 1.80 bits per heavy atom. The molecule has 0 bridgehead atoms. The zero-order valence-corrected chi connectivity index (χ0v) is 20.3. The number of hydrogen-bond acceptors (Lipinski definition) is 7. The number of aromatic nitrogens is 2. The predicted octanol–water partition coefficient (Wildman–Crippen LogP) is 6.63. The maximum atomic E-state index is 13.3. The van der Waals surface area contributed by atoms with Crippen molar-refractivity contribution in [1.29, 1.82) is 0 Å². The number of carbonyl (C=O) groups is 2. The number of amides is 1. The summed E-state index contributed by atoms with van der Waals surface area (Å²) in [5.74, 6) is -0.410. The van der Waals surface area contributed by atoms with Gasteiger partial charge < -0.3 is 0 Å². The average Bonchev–Trinajstić information content (AvgIpc) is 3.34. The summed E-state index contributed by atoms with van der Waals surface area (Å²) in [6.07, 6.45) is 0.0976. The molecule has 1 aromatic carbocycles. The standard InChI is InChI=1S/C24H23F3N4O2S2/c25-24(26,27)18(30-31-21(33)16-7-3-1-4-8-16)10-6-2-5-9-17(32)19-20(15-11-12-15)35-23(29-19)22-28-13-14-34-22/h1,3-4,7-8,13-15H,2,5-6,9-12H2,(H,31,33)/b30-18+. The van der Waals surface area contributed by atoms with E-state index in [1.54, 1.807) is 24.4 Å². The van der Waals surface area contributed by atoms with Crippen LogP contribution in [0.2, 0.25) is 0 Å². The molecule has 4 rings (SSSR count). The van der Waals surface area contributed by atoms with Crippen molar-refractivity contribution in [1.82, 2.24) is 15.4 Å². The Labute approximate surface area is 208 Å². The molecule has 1 aliphatic carbocycles. The number of benzene rings is 1. The van der Waals surface area contributed by atoms with Crippen LogP contribution in [0.15, 0.2) is 47.0 Å². The molecule has 0 spiro atoms. The lowest BCUT2D eigenvalue weighted by Crippen LogP contribution is -2.28. The van der Waals surface area contributed by atoms with Gasteiger partial charge in [-0.1, -0.05) is 24.6 Å². The highest BCUT2D eigenvalue weighted by molar-refractivity contribution is 7.20. The fraction of sp³-hybridized carbons (Fsp3) is 0.375. The number of rotatable bonds is 11. The lowest BCUT2D eigenvalue weighted by atomic mass is 10.1. The fourth-order valence-corrected chi connectivity index (χ4v) is 5.41. The highest BCUT2D eigenvalue weighted by atomic mass is 32.1. The van der Waals surface area contributed by atoms with Crippen LogP contribution in [0, 0.1) is 0 Å². The topological polar surface area (TPSA) is 84.3 Å². The smallest absolute Gasteiger partial charge is 0.292 e. The summed E-state index contributed by atoms with van der Waals surface area (Å²) in [5, 5.41) is 6.72. The Balaban J connectivity index is 1.28. The lowest BCUT2D eigenvalue weighted by molar-refractivity contribution is -0.0609. The molecule has 0 atom stereocenters. The van der Waals surface area contributed by atoms with Crippen LogP contribution in [-0.4, -0.2) is 33.5 Å². The highest BCUT2D eigenvalue weighted by Gasteiger charge is 2.35. The Morgan fingerprint density at radius 3 is 2.46 bits per heavy atom. The van der Waals surface area contributed by atoms with E-state index >= 15 is 0 Å². The summed E-state index contributed by atoms with van der Waals surface area (Å²) < 4.78 is 40.0. The van der Waals surface area contributed by atoms with Crippen LogP contribution in [0.5, 0.6) is 0 Å². The Hall–Kier alpha value is -2.92. The third kappa shape index (κ3) is 6.82. The molecule has 6 nitrogen and oxygen atoms in total. The summed E-state index contributed by atoms with van der Waals surface area (Å²) >= 11 is 2.98. The van der Waals surface area contributed by atoms with Gasteiger partial charge in [-0.25, -0.2) is 15.4 Å². The summed E-state index contributed by atoms with van der Waals surface area (Å²) in [7, 11) is 0. The van der Waals surface area contributed by atoms with Gasteiger partial charge in [0.1, 0.15) is 11.4 Å². The molecular formula is C24H23F3N4O2S2. The second kappa shape index (κ2) is 11.2. The lowest BCUT2D eigenvalue weighted by Gasteiger charge is -2.10. The molecule has 1 fully saturated rings. The van der Waals surface area contributed by atoms with E-state index in [9.17, 15) is 22.8 Å². The molecule has 2 heterocycles. The molecule has 0 saturated heterocycles. The number of carbonyl (C=O) groups excluding carboxylic acids is 2. The molecule has 0 aliphatic heterocycles. The SMILES string of the molecule is O=C(N/N=C(\CCCCCC(=O)c1nc(-c2nccs2)sc1C1CC1)C(F)(F)F)c1ccccc1.